The van der Waals surface area contributed by atoms with Crippen molar-refractivity contribution in [2.24, 2.45) is 0 Å². The lowest BCUT2D eigenvalue weighted by Crippen LogP contribution is -2.17. The van der Waals surface area contributed by atoms with E-state index in [1.54, 1.807) is 6.08 Å². The monoisotopic (exact) mass is 210 g/mol. The molecule has 2 heterocycles. The second kappa shape index (κ2) is 3.35. The average molecular weight is 210 g/mol. The quantitative estimate of drug-likeness (QED) is 0.545. The van der Waals surface area contributed by atoms with Gasteiger partial charge in [0.15, 0.2) is 0 Å². The summed E-state index contributed by atoms with van der Waals surface area (Å²) in [6, 6.07) is 1.89. The molecule has 13 heavy (non-hydrogen) atoms. The average Bonchev–Trinajstić information content (AvgIpc) is 2.63. The van der Waals surface area contributed by atoms with Crippen molar-refractivity contribution in [1.29, 1.82) is 0 Å². The maximum Gasteiger partial charge on any atom is 0.263 e. The number of carbonyl (C=O) groups is 1. The second-order valence-electron chi connectivity index (χ2n) is 2.50. The zero-order valence-corrected chi connectivity index (χ0v) is 8.17. The highest BCUT2D eigenvalue weighted by molar-refractivity contribution is 8.26. The van der Waals surface area contributed by atoms with Crippen molar-refractivity contribution in [3.8, 4) is 0 Å². The van der Waals surface area contributed by atoms with Crippen molar-refractivity contribution in [3.63, 3.8) is 0 Å². The zero-order chi connectivity index (χ0) is 9.26. The standard InChI is InChI=1S/C8H6N2OS2/c11-7-6(13-8(12)10-7)3-5-1-2-9-4-5/h1-4,9H,(H,10,11,12)/b6-3-. The van der Waals surface area contributed by atoms with Gasteiger partial charge in [-0.3, -0.25) is 4.79 Å². The van der Waals surface area contributed by atoms with Crippen molar-refractivity contribution in [3.05, 3.63) is 28.9 Å². The molecule has 1 aliphatic heterocycles. The molecule has 2 N–H and O–H groups in total. The number of carbonyl (C=O) groups excluding carboxylic acids is 1. The molecule has 1 saturated heterocycles. The Morgan fingerprint density at radius 1 is 1.54 bits per heavy atom. The van der Waals surface area contributed by atoms with Crippen LogP contribution in [0.3, 0.4) is 0 Å². The van der Waals surface area contributed by atoms with Crippen LogP contribution < -0.4 is 5.32 Å². The predicted molar refractivity (Wildman–Crippen MR) is 57.1 cm³/mol. The Morgan fingerprint density at radius 3 is 2.92 bits per heavy atom. The molecule has 0 aromatic carbocycles. The zero-order valence-electron chi connectivity index (χ0n) is 6.53. The van der Waals surface area contributed by atoms with Gasteiger partial charge < -0.3 is 10.3 Å². The first-order valence-corrected chi connectivity index (χ1v) is 4.86. The van der Waals surface area contributed by atoms with E-state index < -0.39 is 0 Å². The molecule has 0 radical (unpaired) electrons. The molecule has 0 atom stereocenters. The molecule has 0 unspecified atom stereocenters. The van der Waals surface area contributed by atoms with Gasteiger partial charge in [0.1, 0.15) is 4.32 Å². The fourth-order valence-electron chi connectivity index (χ4n) is 0.999. The van der Waals surface area contributed by atoms with Crippen LogP contribution in [0.4, 0.5) is 0 Å². The third kappa shape index (κ3) is 1.81. The van der Waals surface area contributed by atoms with Gasteiger partial charge in [0, 0.05) is 12.4 Å². The molecule has 0 bridgehead atoms. The Morgan fingerprint density at radius 2 is 2.38 bits per heavy atom. The third-order valence-electron chi connectivity index (χ3n) is 1.56. The van der Waals surface area contributed by atoms with Gasteiger partial charge in [-0.05, 0) is 17.7 Å². The number of amides is 1. The van der Waals surface area contributed by atoms with E-state index in [0.29, 0.717) is 9.23 Å². The van der Waals surface area contributed by atoms with Gasteiger partial charge in [-0.15, -0.1) is 0 Å². The predicted octanol–water partition coefficient (Wildman–Crippen LogP) is 1.50. The molecule has 1 amide bonds. The van der Waals surface area contributed by atoms with E-state index in [1.165, 1.54) is 11.8 Å². The maximum atomic E-state index is 11.2. The SMILES string of the molecule is O=C1NC(=S)S/C1=C\c1cc[nH]c1. The molecule has 1 aromatic rings. The van der Waals surface area contributed by atoms with Gasteiger partial charge in [-0.25, -0.2) is 0 Å². The lowest BCUT2D eigenvalue weighted by Gasteiger charge is -1.88. The van der Waals surface area contributed by atoms with Gasteiger partial charge in [0.05, 0.1) is 4.91 Å². The lowest BCUT2D eigenvalue weighted by atomic mass is 10.3. The van der Waals surface area contributed by atoms with E-state index in [2.05, 4.69) is 10.3 Å². The topological polar surface area (TPSA) is 44.9 Å². The molecule has 1 aromatic heterocycles. The number of rotatable bonds is 1. The van der Waals surface area contributed by atoms with Crippen LogP contribution >= 0.6 is 24.0 Å². The molecular formula is C8H6N2OS2. The first kappa shape index (κ1) is 8.52. The molecule has 0 saturated carbocycles. The van der Waals surface area contributed by atoms with Gasteiger partial charge in [-0.1, -0.05) is 24.0 Å². The summed E-state index contributed by atoms with van der Waals surface area (Å²) in [6.07, 6.45) is 5.43. The van der Waals surface area contributed by atoms with Crippen LogP contribution in [0.2, 0.25) is 0 Å². The number of thioether (sulfide) groups is 1. The largest absolute Gasteiger partial charge is 0.367 e. The van der Waals surface area contributed by atoms with Crippen LogP contribution in [-0.2, 0) is 4.79 Å². The summed E-state index contributed by atoms with van der Waals surface area (Å²) in [7, 11) is 0. The maximum absolute atomic E-state index is 11.2. The molecule has 0 aliphatic carbocycles. The summed E-state index contributed by atoms with van der Waals surface area (Å²) in [5, 5.41) is 2.56. The number of aromatic amines is 1. The van der Waals surface area contributed by atoms with E-state index >= 15 is 0 Å². The van der Waals surface area contributed by atoms with Crippen LogP contribution in [0, 0.1) is 0 Å². The number of hydrogen-bond acceptors (Lipinski definition) is 3. The summed E-state index contributed by atoms with van der Waals surface area (Å²) in [6.45, 7) is 0. The molecule has 3 nitrogen and oxygen atoms in total. The number of aromatic nitrogens is 1. The number of nitrogens with one attached hydrogen (secondary N) is 2. The number of hydrogen-bond donors (Lipinski definition) is 2. The Hall–Kier alpha value is -1.07. The van der Waals surface area contributed by atoms with E-state index in [9.17, 15) is 4.79 Å². The molecule has 5 heteroatoms. The number of H-pyrrole nitrogens is 1. The third-order valence-corrected chi connectivity index (χ3v) is 2.72. The fraction of sp³-hybridized carbons (Fsp3) is 0. The van der Waals surface area contributed by atoms with Crippen molar-refractivity contribution < 1.29 is 4.79 Å². The molecule has 1 aliphatic rings. The Balaban J connectivity index is 2.27. The van der Waals surface area contributed by atoms with Crippen LogP contribution in [0.25, 0.3) is 6.08 Å². The summed E-state index contributed by atoms with van der Waals surface area (Å²) in [5.74, 6) is -0.115. The van der Waals surface area contributed by atoms with Crippen LogP contribution in [0.15, 0.2) is 23.4 Å². The second-order valence-corrected chi connectivity index (χ2v) is 4.22. The number of thiocarbonyl (C=S) groups is 1. The summed E-state index contributed by atoms with van der Waals surface area (Å²) in [5.41, 5.74) is 0.974. The van der Waals surface area contributed by atoms with E-state index in [4.69, 9.17) is 12.2 Å². The molecule has 0 spiro atoms. The molecule has 66 valence electrons. The van der Waals surface area contributed by atoms with Crippen LogP contribution in [0.5, 0.6) is 0 Å². The van der Waals surface area contributed by atoms with Gasteiger partial charge >= 0.3 is 0 Å². The first-order valence-electron chi connectivity index (χ1n) is 3.63. The van der Waals surface area contributed by atoms with E-state index in [-0.39, 0.29) is 5.91 Å². The first-order chi connectivity index (χ1) is 6.25. The summed E-state index contributed by atoms with van der Waals surface area (Å²) >= 11 is 6.14. The summed E-state index contributed by atoms with van der Waals surface area (Å²) in [4.78, 5) is 14.8. The highest BCUT2D eigenvalue weighted by Gasteiger charge is 2.21. The van der Waals surface area contributed by atoms with Crippen molar-refractivity contribution in [2.45, 2.75) is 0 Å². The minimum Gasteiger partial charge on any atom is -0.367 e. The minimum atomic E-state index is -0.115. The van der Waals surface area contributed by atoms with Crippen LogP contribution in [-0.4, -0.2) is 15.2 Å². The fourth-order valence-corrected chi connectivity index (χ4v) is 2.04. The summed E-state index contributed by atoms with van der Waals surface area (Å²) < 4.78 is 0.520. The Kier molecular flexibility index (Phi) is 2.20. The minimum absolute atomic E-state index is 0.115. The smallest absolute Gasteiger partial charge is 0.263 e. The Bertz CT molecular complexity index is 381. The Labute approximate surface area is 84.6 Å². The highest BCUT2D eigenvalue weighted by Crippen LogP contribution is 2.25. The molecular weight excluding hydrogens is 204 g/mol. The molecule has 2 rings (SSSR count). The lowest BCUT2D eigenvalue weighted by molar-refractivity contribution is -0.115. The van der Waals surface area contributed by atoms with Gasteiger partial charge in [-0.2, -0.15) is 0 Å². The van der Waals surface area contributed by atoms with Gasteiger partial charge in [0.2, 0.25) is 0 Å². The van der Waals surface area contributed by atoms with Crippen molar-refractivity contribution in [2.75, 3.05) is 0 Å². The van der Waals surface area contributed by atoms with Crippen LogP contribution in [0.1, 0.15) is 5.56 Å². The van der Waals surface area contributed by atoms with Crippen molar-refractivity contribution in [1.82, 2.24) is 10.3 Å². The van der Waals surface area contributed by atoms with Crippen molar-refractivity contribution >= 4 is 40.3 Å². The molecule has 1 fully saturated rings. The van der Waals surface area contributed by atoms with E-state index in [0.717, 1.165) is 5.56 Å². The van der Waals surface area contributed by atoms with Gasteiger partial charge in [0.25, 0.3) is 5.91 Å². The van der Waals surface area contributed by atoms with E-state index in [1.807, 2.05) is 18.5 Å². The normalized spacial score (nSPS) is 19.5. The highest BCUT2D eigenvalue weighted by atomic mass is 32.2.